The summed E-state index contributed by atoms with van der Waals surface area (Å²) in [6.45, 7) is 8.88. The molecule has 0 radical (unpaired) electrons. The van der Waals surface area contributed by atoms with Gasteiger partial charge in [-0.3, -0.25) is 0 Å². The SMILES string of the molecule is CCc1cc(C)c(OCc2c(CC)cccc2NC(=O)NC)cc1C. The van der Waals surface area contributed by atoms with Crippen molar-refractivity contribution >= 4 is 11.7 Å². The smallest absolute Gasteiger partial charge is 0.318 e. The van der Waals surface area contributed by atoms with Gasteiger partial charge in [-0.1, -0.05) is 32.0 Å². The molecule has 2 aromatic rings. The molecule has 0 saturated carbocycles. The predicted octanol–water partition coefficient (Wildman–Crippen LogP) is 4.76. The predicted molar refractivity (Wildman–Crippen MR) is 104 cm³/mol. The molecule has 0 unspecified atom stereocenters. The number of hydrogen-bond acceptors (Lipinski definition) is 2. The molecule has 0 aromatic heterocycles. The first-order valence-corrected chi connectivity index (χ1v) is 8.82. The van der Waals surface area contributed by atoms with Gasteiger partial charge >= 0.3 is 6.03 Å². The molecule has 0 heterocycles. The molecular weight excluding hydrogens is 312 g/mol. The van der Waals surface area contributed by atoms with Crippen LogP contribution in [0.1, 0.15) is 41.7 Å². The standard InChI is InChI=1S/C21H28N2O2/c1-6-16-9-8-10-19(23-21(24)22-5)18(16)13-25-20-12-14(3)17(7-2)11-15(20)4/h8-12H,6-7,13H2,1-5H3,(H2,22,23,24). The Kier molecular flexibility index (Phi) is 6.45. The molecule has 0 fully saturated rings. The summed E-state index contributed by atoms with van der Waals surface area (Å²) in [5.41, 5.74) is 6.71. The lowest BCUT2D eigenvalue weighted by atomic mass is 10.0. The van der Waals surface area contributed by atoms with Crippen molar-refractivity contribution < 1.29 is 9.53 Å². The van der Waals surface area contributed by atoms with Gasteiger partial charge in [0.2, 0.25) is 0 Å². The van der Waals surface area contributed by atoms with Crippen molar-refractivity contribution in [3.8, 4) is 5.75 Å². The van der Waals surface area contributed by atoms with E-state index in [0.717, 1.165) is 35.4 Å². The van der Waals surface area contributed by atoms with Crippen LogP contribution in [-0.4, -0.2) is 13.1 Å². The maximum Gasteiger partial charge on any atom is 0.318 e. The van der Waals surface area contributed by atoms with Gasteiger partial charge in [0, 0.05) is 18.3 Å². The second-order valence-corrected chi connectivity index (χ2v) is 6.19. The van der Waals surface area contributed by atoms with Crippen LogP contribution in [-0.2, 0) is 19.4 Å². The Hall–Kier alpha value is -2.49. The van der Waals surface area contributed by atoms with E-state index in [1.54, 1.807) is 7.05 Å². The lowest BCUT2D eigenvalue weighted by molar-refractivity contribution is 0.254. The largest absolute Gasteiger partial charge is 0.489 e. The third-order valence-corrected chi connectivity index (χ3v) is 4.52. The number of amides is 2. The van der Waals surface area contributed by atoms with E-state index >= 15 is 0 Å². The molecule has 0 aliphatic heterocycles. The highest BCUT2D eigenvalue weighted by atomic mass is 16.5. The molecule has 0 aliphatic rings. The number of nitrogens with one attached hydrogen (secondary N) is 2. The van der Waals surface area contributed by atoms with Crippen LogP contribution in [0.3, 0.4) is 0 Å². The number of benzene rings is 2. The molecule has 0 aliphatic carbocycles. The van der Waals surface area contributed by atoms with Crippen LogP contribution in [0.25, 0.3) is 0 Å². The molecule has 2 rings (SSSR count). The summed E-state index contributed by atoms with van der Waals surface area (Å²) in [7, 11) is 1.61. The van der Waals surface area contributed by atoms with Crippen molar-refractivity contribution in [2.24, 2.45) is 0 Å². The van der Waals surface area contributed by atoms with E-state index in [4.69, 9.17) is 4.74 Å². The molecule has 2 amide bonds. The highest BCUT2D eigenvalue weighted by molar-refractivity contribution is 5.90. The number of anilines is 1. The van der Waals surface area contributed by atoms with E-state index in [-0.39, 0.29) is 6.03 Å². The summed E-state index contributed by atoms with van der Waals surface area (Å²) in [6.07, 6.45) is 1.90. The molecule has 25 heavy (non-hydrogen) atoms. The van der Waals surface area contributed by atoms with Gasteiger partial charge in [0.1, 0.15) is 12.4 Å². The molecule has 2 N–H and O–H groups in total. The van der Waals surface area contributed by atoms with Crippen LogP contribution >= 0.6 is 0 Å². The zero-order valence-electron chi connectivity index (χ0n) is 15.8. The fraction of sp³-hybridized carbons (Fsp3) is 0.381. The van der Waals surface area contributed by atoms with Gasteiger partial charge in [-0.25, -0.2) is 4.79 Å². The van der Waals surface area contributed by atoms with Crippen molar-refractivity contribution in [1.29, 1.82) is 0 Å². The minimum Gasteiger partial charge on any atom is -0.489 e. The third-order valence-electron chi connectivity index (χ3n) is 4.52. The molecule has 4 heteroatoms. The van der Waals surface area contributed by atoms with Crippen LogP contribution < -0.4 is 15.4 Å². The number of aryl methyl sites for hydroxylation is 4. The number of hydrogen-bond donors (Lipinski definition) is 2. The van der Waals surface area contributed by atoms with Crippen LogP contribution in [0, 0.1) is 13.8 Å². The average Bonchev–Trinajstić information content (AvgIpc) is 2.62. The molecule has 4 nitrogen and oxygen atoms in total. The Balaban J connectivity index is 2.28. The fourth-order valence-electron chi connectivity index (χ4n) is 2.97. The van der Waals surface area contributed by atoms with E-state index in [2.05, 4.69) is 56.5 Å². The first-order valence-electron chi connectivity index (χ1n) is 8.82. The van der Waals surface area contributed by atoms with Gasteiger partial charge < -0.3 is 15.4 Å². The Morgan fingerprint density at radius 2 is 1.76 bits per heavy atom. The lowest BCUT2D eigenvalue weighted by Gasteiger charge is -2.17. The fourth-order valence-corrected chi connectivity index (χ4v) is 2.97. The van der Waals surface area contributed by atoms with E-state index in [0.29, 0.717) is 6.61 Å². The maximum atomic E-state index is 11.7. The minimum atomic E-state index is -0.228. The van der Waals surface area contributed by atoms with Crippen molar-refractivity contribution in [2.75, 3.05) is 12.4 Å². The van der Waals surface area contributed by atoms with Gasteiger partial charge in [-0.15, -0.1) is 0 Å². The van der Waals surface area contributed by atoms with E-state index in [9.17, 15) is 4.79 Å². The van der Waals surface area contributed by atoms with Gasteiger partial charge in [-0.2, -0.15) is 0 Å². The van der Waals surface area contributed by atoms with Crippen molar-refractivity contribution in [3.05, 3.63) is 58.1 Å². The zero-order chi connectivity index (χ0) is 18.4. The Bertz CT molecular complexity index is 754. The summed E-state index contributed by atoms with van der Waals surface area (Å²) in [5, 5.41) is 5.48. The second-order valence-electron chi connectivity index (χ2n) is 6.19. The van der Waals surface area contributed by atoms with Crippen LogP contribution in [0.5, 0.6) is 5.75 Å². The Morgan fingerprint density at radius 1 is 1.04 bits per heavy atom. The molecule has 0 saturated heterocycles. The molecule has 0 atom stereocenters. The van der Waals surface area contributed by atoms with E-state index in [1.807, 2.05) is 12.1 Å². The summed E-state index contributed by atoms with van der Waals surface area (Å²) in [5.74, 6) is 0.895. The number of rotatable bonds is 6. The van der Waals surface area contributed by atoms with Gasteiger partial charge in [-0.05, 0) is 61.1 Å². The monoisotopic (exact) mass is 340 g/mol. The van der Waals surface area contributed by atoms with Crippen molar-refractivity contribution in [3.63, 3.8) is 0 Å². The molecular formula is C21H28N2O2. The minimum absolute atomic E-state index is 0.228. The van der Waals surface area contributed by atoms with E-state index in [1.165, 1.54) is 16.7 Å². The summed E-state index contributed by atoms with van der Waals surface area (Å²) in [4.78, 5) is 11.7. The van der Waals surface area contributed by atoms with Crippen molar-refractivity contribution in [1.82, 2.24) is 5.32 Å². The summed E-state index contributed by atoms with van der Waals surface area (Å²) >= 11 is 0. The van der Waals surface area contributed by atoms with Gasteiger partial charge in [0.15, 0.2) is 0 Å². The number of carbonyl (C=O) groups excluding carboxylic acids is 1. The Morgan fingerprint density at radius 3 is 2.40 bits per heavy atom. The quantitative estimate of drug-likeness (QED) is 0.796. The normalized spacial score (nSPS) is 10.4. The topological polar surface area (TPSA) is 50.4 Å². The van der Waals surface area contributed by atoms with Crippen LogP contribution in [0.2, 0.25) is 0 Å². The second kappa shape index (κ2) is 8.56. The summed E-state index contributed by atoms with van der Waals surface area (Å²) < 4.78 is 6.13. The van der Waals surface area contributed by atoms with Gasteiger partial charge in [0.05, 0.1) is 0 Å². The first kappa shape index (κ1) is 18.8. The number of carbonyl (C=O) groups is 1. The zero-order valence-corrected chi connectivity index (χ0v) is 15.8. The highest BCUT2D eigenvalue weighted by Crippen LogP contribution is 2.27. The average molecular weight is 340 g/mol. The summed E-state index contributed by atoms with van der Waals surface area (Å²) in [6, 6.07) is 10.0. The van der Waals surface area contributed by atoms with E-state index < -0.39 is 0 Å². The maximum absolute atomic E-state index is 11.7. The molecule has 0 spiro atoms. The van der Waals surface area contributed by atoms with Gasteiger partial charge in [0.25, 0.3) is 0 Å². The molecule has 2 aromatic carbocycles. The number of urea groups is 1. The van der Waals surface area contributed by atoms with Crippen LogP contribution in [0.4, 0.5) is 10.5 Å². The lowest BCUT2D eigenvalue weighted by Crippen LogP contribution is -2.25. The molecule has 134 valence electrons. The first-order chi connectivity index (χ1) is 12.0. The third kappa shape index (κ3) is 4.53. The molecule has 0 bridgehead atoms. The number of ether oxygens (including phenoxy) is 1. The van der Waals surface area contributed by atoms with Crippen LogP contribution in [0.15, 0.2) is 30.3 Å². The highest BCUT2D eigenvalue weighted by Gasteiger charge is 2.12. The Labute approximate surface area is 150 Å². The van der Waals surface area contributed by atoms with Crippen molar-refractivity contribution in [2.45, 2.75) is 47.1 Å².